The van der Waals surface area contributed by atoms with Crippen molar-refractivity contribution in [3.8, 4) is 0 Å². The summed E-state index contributed by atoms with van der Waals surface area (Å²) in [6.45, 7) is 6.56. The van der Waals surface area contributed by atoms with E-state index in [0.717, 1.165) is 18.4 Å². The lowest BCUT2D eigenvalue weighted by molar-refractivity contribution is -0.140. The van der Waals surface area contributed by atoms with Crippen LogP contribution >= 0.6 is 7.37 Å². The van der Waals surface area contributed by atoms with Gasteiger partial charge < -0.3 is 20.2 Å². The topological polar surface area (TPSA) is 124 Å². The molecule has 2 unspecified atom stereocenters. The van der Waals surface area contributed by atoms with Crippen molar-refractivity contribution in [1.29, 1.82) is 0 Å². The van der Waals surface area contributed by atoms with E-state index in [1.165, 1.54) is 19.1 Å². The summed E-state index contributed by atoms with van der Waals surface area (Å²) in [5.74, 6) is -4.19. The predicted molar refractivity (Wildman–Crippen MR) is 136 cm³/mol. The number of carboxylic acids is 1. The van der Waals surface area contributed by atoms with Gasteiger partial charge >= 0.3 is 5.97 Å². The molecular weight excluding hydrogens is 467 g/mol. The second-order valence-electron chi connectivity index (χ2n) is 8.73. The van der Waals surface area contributed by atoms with Crippen molar-refractivity contribution >= 4 is 25.2 Å². The van der Waals surface area contributed by atoms with E-state index in [1.54, 1.807) is 41.3 Å². The van der Waals surface area contributed by atoms with Gasteiger partial charge in [0.05, 0.1) is 5.92 Å². The number of amides is 2. The number of aliphatic carboxylic acids is 1. The third kappa shape index (κ3) is 8.34. The first-order valence-electron chi connectivity index (χ1n) is 11.9. The van der Waals surface area contributed by atoms with Crippen molar-refractivity contribution in [2.24, 2.45) is 5.92 Å². The summed E-state index contributed by atoms with van der Waals surface area (Å²) in [5, 5.41) is 11.9. The van der Waals surface area contributed by atoms with Crippen LogP contribution in [0.1, 0.15) is 59.9 Å². The van der Waals surface area contributed by atoms with Gasteiger partial charge in [0.1, 0.15) is 5.78 Å². The molecule has 2 aromatic carbocycles. The molecule has 0 aromatic heterocycles. The van der Waals surface area contributed by atoms with Gasteiger partial charge in [-0.3, -0.25) is 18.9 Å². The fourth-order valence-electron chi connectivity index (χ4n) is 3.80. The van der Waals surface area contributed by atoms with E-state index in [1.807, 2.05) is 19.9 Å². The van der Waals surface area contributed by atoms with E-state index in [4.69, 9.17) is 0 Å². The first-order chi connectivity index (χ1) is 16.6. The van der Waals surface area contributed by atoms with Crippen LogP contribution in [-0.4, -0.2) is 57.7 Å². The fraction of sp³-hybridized carbons (Fsp3) is 0.423. The summed E-state index contributed by atoms with van der Waals surface area (Å²) >= 11 is 0. The molecular formula is C26H35N2O6P. The van der Waals surface area contributed by atoms with E-state index >= 15 is 0 Å². The maximum Gasteiger partial charge on any atom is 0.306 e. The molecule has 3 N–H and O–H groups in total. The number of nitrogens with one attached hydrogen (secondary N) is 1. The molecule has 9 heteroatoms. The lowest BCUT2D eigenvalue weighted by Gasteiger charge is -2.26. The van der Waals surface area contributed by atoms with Crippen LogP contribution < -0.4 is 5.32 Å². The molecule has 0 bridgehead atoms. The largest absolute Gasteiger partial charge is 0.481 e. The number of carboxylic acid groups (broad SMARTS) is 1. The summed E-state index contributed by atoms with van der Waals surface area (Å²) in [7, 11) is -4.11. The maximum atomic E-state index is 13.2. The molecule has 8 nitrogen and oxygen atoms in total. The molecule has 3 atom stereocenters. The Labute approximate surface area is 206 Å². The summed E-state index contributed by atoms with van der Waals surface area (Å²) in [4.78, 5) is 49.9. The van der Waals surface area contributed by atoms with Crippen LogP contribution in [0.15, 0.2) is 54.6 Å². The number of rotatable bonds is 13. The third-order valence-electron chi connectivity index (χ3n) is 5.66. The molecule has 35 heavy (non-hydrogen) atoms. The van der Waals surface area contributed by atoms with E-state index in [-0.39, 0.29) is 17.9 Å². The first-order valence-corrected chi connectivity index (χ1v) is 13.8. The second-order valence-corrected chi connectivity index (χ2v) is 11.2. The highest BCUT2D eigenvalue weighted by Crippen LogP contribution is 2.48. The average molecular weight is 503 g/mol. The summed E-state index contributed by atoms with van der Waals surface area (Å²) in [6, 6.07) is 15.2. The summed E-state index contributed by atoms with van der Waals surface area (Å²) in [6.07, 6.45) is 1.22. The Bertz CT molecular complexity index is 1050. The van der Waals surface area contributed by atoms with Crippen LogP contribution in [0.5, 0.6) is 0 Å². The highest BCUT2D eigenvalue weighted by molar-refractivity contribution is 7.58. The smallest absolute Gasteiger partial charge is 0.306 e. The molecule has 0 spiro atoms. The number of carbonyl (C=O) groups is 3. The minimum absolute atomic E-state index is 0.0616. The van der Waals surface area contributed by atoms with Crippen LogP contribution in [0.25, 0.3) is 0 Å². The molecule has 2 amide bonds. The standard InChI is InChI=1S/C26H35N2O6P/c1-4-14-28(15-5-2)25(30)22-13-9-12-21(17-22)24(29)27-23(16-20-10-7-6-8-11-20)35(33,34)18-19(3)26(31)32/h6-13,17,19,23H,4-5,14-16,18H2,1-3H3,(H,27,29)(H,31,32)(H,33,34)/t19?,23-/m1/s1. The van der Waals surface area contributed by atoms with Crippen LogP contribution in [0.4, 0.5) is 0 Å². The molecule has 190 valence electrons. The Kier molecular flexibility index (Phi) is 10.7. The predicted octanol–water partition coefficient (Wildman–Crippen LogP) is 4.24. The number of benzene rings is 2. The zero-order valence-corrected chi connectivity index (χ0v) is 21.4. The van der Waals surface area contributed by atoms with Gasteiger partial charge in [-0.15, -0.1) is 0 Å². The lowest BCUT2D eigenvalue weighted by atomic mass is 10.1. The normalized spacial score (nSPS) is 14.4. The van der Waals surface area contributed by atoms with Gasteiger partial charge in [-0.05, 0) is 36.6 Å². The van der Waals surface area contributed by atoms with Gasteiger partial charge in [0.2, 0.25) is 7.37 Å². The Morgan fingerprint density at radius 3 is 2.14 bits per heavy atom. The van der Waals surface area contributed by atoms with Crippen LogP contribution in [-0.2, 0) is 15.8 Å². The van der Waals surface area contributed by atoms with Crippen molar-refractivity contribution in [1.82, 2.24) is 10.2 Å². The Balaban J connectivity index is 2.30. The van der Waals surface area contributed by atoms with E-state index in [0.29, 0.717) is 18.7 Å². The quantitative estimate of drug-likeness (QED) is 0.352. The van der Waals surface area contributed by atoms with Gasteiger partial charge in [0.25, 0.3) is 11.8 Å². The Morgan fingerprint density at radius 1 is 0.971 bits per heavy atom. The molecule has 0 aliphatic carbocycles. The van der Waals surface area contributed by atoms with E-state index in [9.17, 15) is 28.9 Å². The van der Waals surface area contributed by atoms with Gasteiger partial charge in [0.15, 0.2) is 0 Å². The van der Waals surface area contributed by atoms with Gasteiger partial charge in [-0.2, -0.15) is 0 Å². The Morgan fingerprint density at radius 2 is 1.57 bits per heavy atom. The Hall–Kier alpha value is -2.96. The van der Waals surface area contributed by atoms with Gasteiger partial charge in [0, 0.05) is 36.8 Å². The summed E-state index contributed by atoms with van der Waals surface area (Å²) < 4.78 is 13.2. The number of carbonyl (C=O) groups excluding carboxylic acids is 2. The zero-order valence-electron chi connectivity index (χ0n) is 20.5. The van der Waals surface area contributed by atoms with E-state index in [2.05, 4.69) is 5.32 Å². The monoisotopic (exact) mass is 502 g/mol. The molecule has 2 aromatic rings. The minimum atomic E-state index is -4.11. The second kappa shape index (κ2) is 13.2. The molecule has 0 aliphatic heterocycles. The van der Waals surface area contributed by atoms with Crippen molar-refractivity contribution in [2.75, 3.05) is 19.3 Å². The van der Waals surface area contributed by atoms with Crippen molar-refractivity contribution in [3.05, 3.63) is 71.3 Å². The first kappa shape index (κ1) is 28.3. The van der Waals surface area contributed by atoms with Crippen molar-refractivity contribution < 1.29 is 28.9 Å². The SMILES string of the molecule is CCCN(CCC)C(=O)c1cccc(C(=O)N[C@@H](Cc2ccccc2)P(=O)(O)CC(C)C(=O)O)c1. The lowest BCUT2D eigenvalue weighted by Crippen LogP contribution is -2.38. The molecule has 0 radical (unpaired) electrons. The zero-order chi connectivity index (χ0) is 26.0. The highest BCUT2D eigenvalue weighted by Gasteiger charge is 2.36. The maximum absolute atomic E-state index is 13.2. The number of hydrogen-bond acceptors (Lipinski definition) is 4. The van der Waals surface area contributed by atoms with Crippen LogP contribution in [0.3, 0.4) is 0 Å². The molecule has 0 aliphatic rings. The molecule has 0 fully saturated rings. The molecule has 0 saturated carbocycles. The molecule has 0 saturated heterocycles. The highest BCUT2D eigenvalue weighted by atomic mass is 31.2. The van der Waals surface area contributed by atoms with Gasteiger partial charge in [-0.1, -0.05) is 57.2 Å². The summed E-state index contributed by atoms with van der Waals surface area (Å²) in [5.41, 5.74) is 1.28. The molecule has 0 heterocycles. The number of hydrogen-bond donors (Lipinski definition) is 3. The van der Waals surface area contributed by atoms with Crippen molar-refractivity contribution in [2.45, 2.75) is 45.8 Å². The number of nitrogens with zero attached hydrogens (tertiary/aromatic N) is 1. The van der Waals surface area contributed by atoms with Crippen LogP contribution in [0, 0.1) is 5.92 Å². The molecule has 2 rings (SSSR count). The fourth-order valence-corrected chi connectivity index (χ4v) is 5.81. The minimum Gasteiger partial charge on any atom is -0.481 e. The van der Waals surface area contributed by atoms with Gasteiger partial charge in [-0.25, -0.2) is 0 Å². The average Bonchev–Trinajstić information content (AvgIpc) is 2.83. The third-order valence-corrected chi connectivity index (χ3v) is 8.02. The van der Waals surface area contributed by atoms with Crippen molar-refractivity contribution in [3.63, 3.8) is 0 Å². The van der Waals surface area contributed by atoms with E-state index < -0.39 is 37.1 Å². The van der Waals surface area contributed by atoms with Crippen LogP contribution in [0.2, 0.25) is 0 Å².